The average Bonchev–Trinajstić information content (AvgIpc) is 3.40. The van der Waals surface area contributed by atoms with Crippen molar-refractivity contribution in [3.63, 3.8) is 0 Å². The van der Waals surface area contributed by atoms with Gasteiger partial charge in [0, 0.05) is 5.69 Å². The maximum atomic E-state index is 12.5. The molecule has 4 rings (SSSR count). The van der Waals surface area contributed by atoms with Crippen molar-refractivity contribution in [1.29, 1.82) is 0 Å². The summed E-state index contributed by atoms with van der Waals surface area (Å²) in [6, 6.07) is 17.9. The standard InChI is InChI=1S/C21H15Cl2N5OS/c22-16-9-8-15(11-17(16)23)25-21(29)27-20-26-18(19-7-4-10-30-19)13-28(20)24-12-14-5-2-1-3-6-14/h1-13H,(H2,25,26,27,29). The number of urea groups is 1. The Kier molecular flexibility index (Phi) is 6.13. The summed E-state index contributed by atoms with van der Waals surface area (Å²) >= 11 is 13.5. The Bertz CT molecular complexity index is 1190. The molecule has 4 aromatic rings. The summed E-state index contributed by atoms with van der Waals surface area (Å²) in [7, 11) is 0. The van der Waals surface area contributed by atoms with E-state index >= 15 is 0 Å². The fraction of sp³-hybridized carbons (Fsp3) is 0. The normalized spacial score (nSPS) is 11.0. The van der Waals surface area contributed by atoms with Crippen molar-refractivity contribution in [2.24, 2.45) is 5.10 Å². The highest BCUT2D eigenvalue weighted by Crippen LogP contribution is 2.27. The highest BCUT2D eigenvalue weighted by atomic mass is 35.5. The van der Waals surface area contributed by atoms with Crippen LogP contribution in [0.5, 0.6) is 0 Å². The monoisotopic (exact) mass is 455 g/mol. The summed E-state index contributed by atoms with van der Waals surface area (Å²) < 4.78 is 1.52. The number of carbonyl (C=O) groups is 1. The smallest absolute Gasteiger partial charge is 0.308 e. The van der Waals surface area contributed by atoms with Crippen molar-refractivity contribution in [3.8, 4) is 10.6 Å². The second kappa shape index (κ2) is 9.13. The molecule has 2 heterocycles. The number of imidazole rings is 1. The van der Waals surface area contributed by atoms with E-state index in [1.54, 1.807) is 41.9 Å². The molecule has 0 fully saturated rings. The molecule has 2 amide bonds. The first-order valence-corrected chi connectivity index (χ1v) is 10.5. The first-order chi connectivity index (χ1) is 14.6. The Morgan fingerprint density at radius 3 is 2.60 bits per heavy atom. The van der Waals surface area contributed by atoms with Crippen LogP contribution < -0.4 is 10.6 Å². The van der Waals surface area contributed by atoms with Crippen molar-refractivity contribution in [2.75, 3.05) is 10.6 Å². The largest absolute Gasteiger partial charge is 0.326 e. The van der Waals surface area contributed by atoms with E-state index in [-0.39, 0.29) is 5.95 Å². The molecule has 0 saturated heterocycles. The summed E-state index contributed by atoms with van der Waals surface area (Å²) in [6.07, 6.45) is 3.46. The fourth-order valence-corrected chi connectivity index (χ4v) is 3.57. The van der Waals surface area contributed by atoms with Gasteiger partial charge in [-0.3, -0.25) is 5.32 Å². The van der Waals surface area contributed by atoms with Gasteiger partial charge in [0.1, 0.15) is 5.69 Å². The molecule has 6 nitrogen and oxygen atoms in total. The van der Waals surface area contributed by atoms with Gasteiger partial charge in [0.2, 0.25) is 5.95 Å². The summed E-state index contributed by atoms with van der Waals surface area (Å²) in [6.45, 7) is 0. The fourth-order valence-electron chi connectivity index (χ4n) is 2.59. The Balaban J connectivity index is 1.58. The molecule has 0 aliphatic rings. The van der Waals surface area contributed by atoms with Gasteiger partial charge in [0.25, 0.3) is 0 Å². The second-order valence-corrected chi connectivity index (χ2v) is 7.90. The van der Waals surface area contributed by atoms with E-state index in [1.807, 2.05) is 47.8 Å². The van der Waals surface area contributed by atoms with E-state index in [9.17, 15) is 4.79 Å². The lowest BCUT2D eigenvalue weighted by Crippen LogP contribution is -2.21. The zero-order valence-electron chi connectivity index (χ0n) is 15.4. The summed E-state index contributed by atoms with van der Waals surface area (Å²) in [5.74, 6) is 0.281. The molecular weight excluding hydrogens is 441 g/mol. The maximum Gasteiger partial charge on any atom is 0.326 e. The number of anilines is 2. The number of benzene rings is 2. The van der Waals surface area contributed by atoms with Crippen molar-refractivity contribution >= 4 is 58.4 Å². The van der Waals surface area contributed by atoms with Gasteiger partial charge >= 0.3 is 6.03 Å². The number of nitrogens with one attached hydrogen (secondary N) is 2. The lowest BCUT2D eigenvalue weighted by atomic mass is 10.2. The van der Waals surface area contributed by atoms with Crippen LogP contribution in [0.3, 0.4) is 0 Å². The molecule has 0 unspecified atom stereocenters. The minimum absolute atomic E-state index is 0.281. The van der Waals surface area contributed by atoms with Crippen LogP contribution in [0.15, 0.2) is 77.3 Å². The maximum absolute atomic E-state index is 12.5. The lowest BCUT2D eigenvalue weighted by Gasteiger charge is -2.08. The Morgan fingerprint density at radius 2 is 1.87 bits per heavy atom. The first kappa shape index (κ1) is 20.2. The number of hydrogen-bond acceptors (Lipinski definition) is 4. The van der Waals surface area contributed by atoms with Crippen LogP contribution in [0.2, 0.25) is 10.0 Å². The minimum Gasteiger partial charge on any atom is -0.308 e. The third kappa shape index (κ3) is 4.88. The zero-order valence-corrected chi connectivity index (χ0v) is 17.7. The quantitative estimate of drug-likeness (QED) is 0.339. The molecule has 0 saturated carbocycles. The van der Waals surface area contributed by atoms with Crippen molar-refractivity contribution < 1.29 is 4.79 Å². The number of halogens is 2. The van der Waals surface area contributed by atoms with E-state index in [2.05, 4.69) is 20.7 Å². The molecule has 0 atom stereocenters. The topological polar surface area (TPSA) is 71.3 Å². The predicted octanol–water partition coefficient (Wildman–Crippen LogP) is 6.44. The number of amides is 2. The summed E-state index contributed by atoms with van der Waals surface area (Å²) in [5, 5.41) is 12.6. The van der Waals surface area contributed by atoms with Crippen LogP contribution in [-0.2, 0) is 0 Å². The van der Waals surface area contributed by atoms with E-state index in [1.165, 1.54) is 4.68 Å². The number of carbonyl (C=O) groups excluding carboxylic acids is 1. The molecule has 2 aromatic heterocycles. The van der Waals surface area contributed by atoms with Crippen LogP contribution in [0, 0.1) is 0 Å². The van der Waals surface area contributed by atoms with Gasteiger partial charge in [-0.15, -0.1) is 11.3 Å². The number of nitrogens with zero attached hydrogens (tertiary/aromatic N) is 3. The predicted molar refractivity (Wildman–Crippen MR) is 124 cm³/mol. The van der Waals surface area contributed by atoms with Gasteiger partial charge in [-0.25, -0.2) is 14.5 Å². The van der Waals surface area contributed by atoms with Crippen LogP contribution in [0.25, 0.3) is 10.6 Å². The van der Waals surface area contributed by atoms with Gasteiger partial charge in [0.05, 0.1) is 27.3 Å². The highest BCUT2D eigenvalue weighted by molar-refractivity contribution is 7.13. The molecule has 2 N–H and O–H groups in total. The third-order valence-electron chi connectivity index (χ3n) is 4.00. The third-order valence-corrected chi connectivity index (χ3v) is 5.63. The summed E-state index contributed by atoms with van der Waals surface area (Å²) in [4.78, 5) is 18.0. The molecule has 0 bridgehead atoms. The van der Waals surface area contributed by atoms with E-state index in [0.29, 0.717) is 21.4 Å². The molecule has 30 heavy (non-hydrogen) atoms. The van der Waals surface area contributed by atoms with Crippen LogP contribution in [0.4, 0.5) is 16.4 Å². The molecule has 0 aliphatic carbocycles. The number of hydrogen-bond donors (Lipinski definition) is 2. The molecule has 2 aromatic carbocycles. The zero-order chi connectivity index (χ0) is 20.9. The SMILES string of the molecule is O=C(Nc1ccc(Cl)c(Cl)c1)Nc1nc(-c2cccs2)cn1N=Cc1ccccc1. The van der Waals surface area contributed by atoms with Gasteiger partial charge in [-0.1, -0.05) is 59.6 Å². The Morgan fingerprint density at radius 1 is 1.03 bits per heavy atom. The molecule has 0 spiro atoms. The summed E-state index contributed by atoms with van der Waals surface area (Å²) in [5.41, 5.74) is 2.14. The molecular formula is C21H15Cl2N5OS. The molecule has 150 valence electrons. The van der Waals surface area contributed by atoms with Crippen molar-refractivity contribution in [1.82, 2.24) is 9.66 Å². The van der Waals surface area contributed by atoms with E-state index in [4.69, 9.17) is 23.2 Å². The first-order valence-electron chi connectivity index (χ1n) is 8.84. The van der Waals surface area contributed by atoms with Crippen molar-refractivity contribution in [2.45, 2.75) is 0 Å². The number of rotatable bonds is 5. The Hall–Kier alpha value is -3.13. The van der Waals surface area contributed by atoms with Crippen LogP contribution in [0.1, 0.15) is 5.56 Å². The van der Waals surface area contributed by atoms with Gasteiger partial charge in [0.15, 0.2) is 0 Å². The molecule has 0 radical (unpaired) electrons. The highest BCUT2D eigenvalue weighted by Gasteiger charge is 2.13. The minimum atomic E-state index is -0.479. The van der Waals surface area contributed by atoms with Gasteiger partial charge in [-0.2, -0.15) is 5.10 Å². The van der Waals surface area contributed by atoms with Crippen LogP contribution in [-0.4, -0.2) is 21.9 Å². The van der Waals surface area contributed by atoms with E-state index in [0.717, 1.165) is 10.4 Å². The van der Waals surface area contributed by atoms with Gasteiger partial charge in [-0.05, 0) is 35.2 Å². The van der Waals surface area contributed by atoms with Crippen LogP contribution >= 0.6 is 34.5 Å². The van der Waals surface area contributed by atoms with E-state index < -0.39 is 6.03 Å². The Labute approximate surface area is 186 Å². The number of aromatic nitrogens is 2. The average molecular weight is 456 g/mol. The molecule has 9 heteroatoms. The second-order valence-electron chi connectivity index (χ2n) is 6.13. The number of thiophene rings is 1. The lowest BCUT2D eigenvalue weighted by molar-refractivity contribution is 0.262. The molecule has 0 aliphatic heterocycles. The van der Waals surface area contributed by atoms with Crippen molar-refractivity contribution in [3.05, 3.63) is 87.8 Å². The van der Waals surface area contributed by atoms with Gasteiger partial charge < -0.3 is 5.32 Å².